The molecular formula is C27H32FN3O4. The molecule has 0 aliphatic carbocycles. The Balaban J connectivity index is 1.53. The van der Waals surface area contributed by atoms with Gasteiger partial charge in [0.1, 0.15) is 11.6 Å². The Morgan fingerprint density at radius 2 is 1.80 bits per heavy atom. The molecular weight excluding hydrogens is 449 g/mol. The van der Waals surface area contributed by atoms with E-state index in [0.29, 0.717) is 26.2 Å². The molecule has 0 aromatic heterocycles. The molecule has 0 unspecified atom stereocenters. The fraction of sp³-hybridized carbons (Fsp3) is 0.444. The van der Waals surface area contributed by atoms with Gasteiger partial charge in [-0.25, -0.2) is 9.40 Å². The maximum Gasteiger partial charge on any atom is 0.310 e. The number of halogens is 1. The second kappa shape index (κ2) is 11.4. The number of benzene rings is 2. The molecule has 35 heavy (non-hydrogen) atoms. The second-order valence-corrected chi connectivity index (χ2v) is 8.84. The number of esters is 1. The van der Waals surface area contributed by atoms with E-state index in [1.807, 2.05) is 36.1 Å². The molecule has 0 spiro atoms. The number of carbonyl (C=O) groups excluding carboxylic acids is 2. The molecule has 186 valence electrons. The van der Waals surface area contributed by atoms with Crippen LogP contribution in [0.1, 0.15) is 50.3 Å². The highest BCUT2D eigenvalue weighted by Crippen LogP contribution is 2.34. The summed E-state index contributed by atoms with van der Waals surface area (Å²) in [5, 5.41) is 6.23. The average molecular weight is 482 g/mol. The van der Waals surface area contributed by atoms with Gasteiger partial charge in [-0.3, -0.25) is 14.5 Å². The lowest BCUT2D eigenvalue weighted by Crippen LogP contribution is -2.44. The summed E-state index contributed by atoms with van der Waals surface area (Å²) in [6.07, 6.45) is 2.13. The molecule has 8 heteroatoms. The zero-order chi connectivity index (χ0) is 24.8. The van der Waals surface area contributed by atoms with Gasteiger partial charge in [0.15, 0.2) is 0 Å². The van der Waals surface area contributed by atoms with Gasteiger partial charge in [0.25, 0.3) is 5.91 Å². The SMILES string of the molecule is CCOC(=O)[C@@H]1CCCN(CC(=O)N2N=C(c3ccc(F)cc3)C[C@@H]2c2ccc(OCC)cc2)C1. The summed E-state index contributed by atoms with van der Waals surface area (Å²) < 4.78 is 24.2. The van der Waals surface area contributed by atoms with Gasteiger partial charge < -0.3 is 9.47 Å². The zero-order valence-electron chi connectivity index (χ0n) is 20.3. The van der Waals surface area contributed by atoms with Crippen LogP contribution in [-0.2, 0) is 14.3 Å². The quantitative estimate of drug-likeness (QED) is 0.529. The third-order valence-electron chi connectivity index (χ3n) is 6.40. The third kappa shape index (κ3) is 6.06. The van der Waals surface area contributed by atoms with Crippen LogP contribution < -0.4 is 4.74 Å². The second-order valence-electron chi connectivity index (χ2n) is 8.84. The Labute approximate surface area is 205 Å². The summed E-state index contributed by atoms with van der Waals surface area (Å²) in [7, 11) is 0. The third-order valence-corrected chi connectivity index (χ3v) is 6.40. The highest BCUT2D eigenvalue weighted by molar-refractivity contribution is 6.03. The van der Waals surface area contributed by atoms with Crippen LogP contribution in [0.3, 0.4) is 0 Å². The molecule has 0 radical (unpaired) electrons. The zero-order valence-corrected chi connectivity index (χ0v) is 20.3. The Morgan fingerprint density at radius 1 is 1.06 bits per heavy atom. The van der Waals surface area contributed by atoms with Crippen molar-refractivity contribution >= 4 is 17.6 Å². The van der Waals surface area contributed by atoms with Gasteiger partial charge in [0, 0.05) is 13.0 Å². The molecule has 0 saturated carbocycles. The maximum atomic E-state index is 13.5. The number of hydrazone groups is 1. The van der Waals surface area contributed by atoms with E-state index in [2.05, 4.69) is 5.10 Å². The number of nitrogens with zero attached hydrogens (tertiary/aromatic N) is 3. The van der Waals surface area contributed by atoms with E-state index in [-0.39, 0.29) is 36.2 Å². The lowest BCUT2D eigenvalue weighted by molar-refractivity contribution is -0.150. The fourth-order valence-corrected chi connectivity index (χ4v) is 4.68. The summed E-state index contributed by atoms with van der Waals surface area (Å²) in [6.45, 7) is 6.08. The van der Waals surface area contributed by atoms with Crippen LogP contribution in [0.25, 0.3) is 0 Å². The molecule has 7 nitrogen and oxygen atoms in total. The van der Waals surface area contributed by atoms with Gasteiger partial charge in [0.05, 0.1) is 37.4 Å². The van der Waals surface area contributed by atoms with Crippen LogP contribution in [0.15, 0.2) is 53.6 Å². The summed E-state index contributed by atoms with van der Waals surface area (Å²) >= 11 is 0. The van der Waals surface area contributed by atoms with E-state index >= 15 is 0 Å². The Kier molecular flexibility index (Phi) is 8.13. The largest absolute Gasteiger partial charge is 0.494 e. The van der Waals surface area contributed by atoms with E-state index in [0.717, 1.165) is 42.0 Å². The number of hydrogen-bond donors (Lipinski definition) is 0. The first-order valence-corrected chi connectivity index (χ1v) is 12.3. The van der Waals surface area contributed by atoms with Gasteiger partial charge >= 0.3 is 5.97 Å². The molecule has 2 atom stereocenters. The topological polar surface area (TPSA) is 71.4 Å². The number of hydrogen-bond acceptors (Lipinski definition) is 6. The normalized spacial score (nSPS) is 20.4. The van der Waals surface area contributed by atoms with Crippen molar-refractivity contribution in [3.8, 4) is 5.75 Å². The number of rotatable bonds is 8. The van der Waals surface area contributed by atoms with E-state index in [9.17, 15) is 14.0 Å². The molecule has 2 aromatic rings. The highest BCUT2D eigenvalue weighted by Gasteiger charge is 2.35. The fourth-order valence-electron chi connectivity index (χ4n) is 4.68. The molecule has 0 bridgehead atoms. The van der Waals surface area contributed by atoms with Crippen molar-refractivity contribution in [1.29, 1.82) is 0 Å². The van der Waals surface area contributed by atoms with Crippen molar-refractivity contribution in [3.05, 3.63) is 65.5 Å². The van der Waals surface area contributed by atoms with E-state index in [1.54, 1.807) is 24.1 Å². The monoisotopic (exact) mass is 481 g/mol. The van der Waals surface area contributed by atoms with Crippen molar-refractivity contribution in [3.63, 3.8) is 0 Å². The Bertz CT molecular complexity index is 1060. The van der Waals surface area contributed by atoms with Crippen LogP contribution in [0, 0.1) is 11.7 Å². The lowest BCUT2D eigenvalue weighted by Gasteiger charge is -2.32. The number of ether oxygens (including phenoxy) is 2. The van der Waals surface area contributed by atoms with Crippen LogP contribution in [-0.4, -0.2) is 60.3 Å². The number of carbonyl (C=O) groups is 2. The summed E-state index contributed by atoms with van der Waals surface area (Å²) in [5.41, 5.74) is 2.48. The van der Waals surface area contributed by atoms with Gasteiger partial charge in [-0.2, -0.15) is 5.10 Å². The smallest absolute Gasteiger partial charge is 0.310 e. The van der Waals surface area contributed by atoms with E-state index in [4.69, 9.17) is 9.47 Å². The maximum absolute atomic E-state index is 13.5. The molecule has 0 N–H and O–H groups in total. The molecule has 2 aromatic carbocycles. The van der Waals surface area contributed by atoms with Crippen molar-refractivity contribution in [1.82, 2.24) is 9.91 Å². The van der Waals surface area contributed by atoms with Crippen molar-refractivity contribution in [2.45, 2.75) is 39.2 Å². The first kappa shape index (κ1) is 24.9. The van der Waals surface area contributed by atoms with E-state index < -0.39 is 0 Å². The summed E-state index contributed by atoms with van der Waals surface area (Å²) in [4.78, 5) is 27.7. The van der Waals surface area contributed by atoms with Crippen molar-refractivity contribution < 1.29 is 23.5 Å². The molecule has 4 rings (SSSR count). The summed E-state index contributed by atoms with van der Waals surface area (Å²) in [5.74, 6) is -0.0924. The number of piperidine rings is 1. The van der Waals surface area contributed by atoms with Crippen LogP contribution in [0.4, 0.5) is 4.39 Å². The summed E-state index contributed by atoms with van der Waals surface area (Å²) in [6, 6.07) is 13.6. The van der Waals surface area contributed by atoms with Crippen LogP contribution in [0.2, 0.25) is 0 Å². The standard InChI is InChI=1S/C27H32FN3O4/c1-3-34-23-13-9-20(10-14-23)25-16-24(19-7-11-22(28)12-8-19)29-31(25)26(32)18-30-15-5-6-21(17-30)27(33)35-4-2/h7-14,21,25H,3-6,15-18H2,1-2H3/t21-,25-/m1/s1. The Hall–Kier alpha value is -3.26. The Morgan fingerprint density at radius 3 is 2.49 bits per heavy atom. The minimum atomic E-state index is -0.315. The first-order valence-electron chi connectivity index (χ1n) is 12.3. The predicted molar refractivity (Wildman–Crippen MR) is 131 cm³/mol. The van der Waals surface area contributed by atoms with Crippen molar-refractivity contribution in [2.24, 2.45) is 11.0 Å². The average Bonchev–Trinajstić information content (AvgIpc) is 3.31. The molecule has 1 saturated heterocycles. The van der Waals surface area contributed by atoms with E-state index in [1.165, 1.54) is 12.1 Å². The molecule has 2 aliphatic rings. The van der Waals surface area contributed by atoms with Gasteiger partial charge in [0.2, 0.25) is 0 Å². The molecule has 2 aliphatic heterocycles. The number of likely N-dealkylation sites (tertiary alicyclic amines) is 1. The number of amides is 1. The highest BCUT2D eigenvalue weighted by atomic mass is 19.1. The lowest BCUT2D eigenvalue weighted by atomic mass is 9.97. The molecule has 1 fully saturated rings. The van der Waals surface area contributed by atoms with Crippen molar-refractivity contribution in [2.75, 3.05) is 32.8 Å². The minimum Gasteiger partial charge on any atom is -0.494 e. The molecule has 1 amide bonds. The van der Waals surface area contributed by atoms with Gasteiger partial charge in [-0.1, -0.05) is 24.3 Å². The van der Waals surface area contributed by atoms with Crippen LogP contribution >= 0.6 is 0 Å². The predicted octanol–water partition coefficient (Wildman–Crippen LogP) is 4.18. The first-order chi connectivity index (χ1) is 17.0. The minimum absolute atomic E-state index is 0.134. The molecule has 2 heterocycles. The van der Waals surface area contributed by atoms with Crippen LogP contribution in [0.5, 0.6) is 5.75 Å². The van der Waals surface area contributed by atoms with Gasteiger partial charge in [-0.05, 0) is 68.6 Å². The van der Waals surface area contributed by atoms with Gasteiger partial charge in [-0.15, -0.1) is 0 Å².